The Hall–Kier alpha value is -2.89. The lowest BCUT2D eigenvalue weighted by molar-refractivity contribution is -0.117. The summed E-state index contributed by atoms with van der Waals surface area (Å²) < 4.78 is 1.74. The summed E-state index contributed by atoms with van der Waals surface area (Å²) in [6.07, 6.45) is 5.50. The van der Waals surface area contributed by atoms with Crippen molar-refractivity contribution in [3.05, 3.63) is 48.9 Å². The molecule has 0 atom stereocenters. The molecule has 0 radical (unpaired) electrons. The first-order valence-electron chi connectivity index (χ1n) is 6.67. The van der Waals surface area contributed by atoms with Gasteiger partial charge >= 0.3 is 0 Å². The number of aromatic nitrogens is 3. The Morgan fingerprint density at radius 3 is 2.90 bits per heavy atom. The fourth-order valence-electron chi connectivity index (χ4n) is 2.17. The van der Waals surface area contributed by atoms with Gasteiger partial charge in [-0.3, -0.25) is 9.69 Å². The molecule has 0 aromatic carbocycles. The van der Waals surface area contributed by atoms with Crippen molar-refractivity contribution in [2.75, 3.05) is 10.6 Å². The first-order valence-corrected chi connectivity index (χ1v) is 6.67. The average molecular weight is 281 g/mol. The molecule has 2 N–H and O–H groups in total. The normalized spacial score (nSPS) is 10.7. The van der Waals surface area contributed by atoms with Crippen LogP contribution in [0, 0.1) is 0 Å². The molecule has 0 saturated carbocycles. The van der Waals surface area contributed by atoms with E-state index in [0.29, 0.717) is 17.9 Å². The van der Waals surface area contributed by atoms with Crippen LogP contribution in [-0.4, -0.2) is 20.5 Å². The van der Waals surface area contributed by atoms with Gasteiger partial charge in [0.05, 0.1) is 11.2 Å². The number of amides is 1. The molecule has 0 saturated heterocycles. The Morgan fingerprint density at radius 2 is 2.14 bits per heavy atom. The van der Waals surface area contributed by atoms with Crippen LogP contribution in [0.1, 0.15) is 13.3 Å². The summed E-state index contributed by atoms with van der Waals surface area (Å²) in [6, 6.07) is 8.99. The Labute approximate surface area is 121 Å². The molecule has 3 rings (SSSR count). The maximum Gasteiger partial charge on any atom is 0.232 e. The van der Waals surface area contributed by atoms with Gasteiger partial charge in [0, 0.05) is 36.8 Å². The first-order chi connectivity index (χ1) is 10.2. The molecule has 0 spiro atoms. The van der Waals surface area contributed by atoms with E-state index in [0.717, 1.165) is 11.2 Å². The number of pyridine rings is 2. The van der Waals surface area contributed by atoms with Gasteiger partial charge in [0.25, 0.3) is 0 Å². The minimum atomic E-state index is -0.0445. The minimum absolute atomic E-state index is 0.0445. The highest BCUT2D eigenvalue weighted by Crippen LogP contribution is 2.26. The zero-order valence-corrected chi connectivity index (χ0v) is 11.6. The molecule has 6 heteroatoms. The molecule has 0 aliphatic heterocycles. The monoisotopic (exact) mass is 281 g/mol. The number of fused-ring (bicyclic) bond motifs is 1. The summed E-state index contributed by atoms with van der Waals surface area (Å²) >= 11 is 0. The van der Waals surface area contributed by atoms with E-state index >= 15 is 0 Å². The lowest BCUT2D eigenvalue weighted by atomic mass is 10.2. The molecule has 21 heavy (non-hydrogen) atoms. The third-order valence-corrected chi connectivity index (χ3v) is 3.19. The molecular formula is C15H15N5O. The minimum Gasteiger partial charge on any atom is -0.399 e. The second-order valence-electron chi connectivity index (χ2n) is 4.62. The lowest BCUT2D eigenvalue weighted by Gasteiger charge is -2.21. The Kier molecular flexibility index (Phi) is 3.27. The van der Waals surface area contributed by atoms with Crippen molar-refractivity contribution in [1.29, 1.82) is 0 Å². The predicted molar refractivity (Wildman–Crippen MR) is 81.3 cm³/mol. The molecule has 0 bridgehead atoms. The third kappa shape index (κ3) is 2.43. The van der Waals surface area contributed by atoms with Crippen molar-refractivity contribution in [3.63, 3.8) is 0 Å². The van der Waals surface area contributed by atoms with Gasteiger partial charge < -0.3 is 5.73 Å². The van der Waals surface area contributed by atoms with Crippen LogP contribution < -0.4 is 10.6 Å². The number of carbonyl (C=O) groups excluding carboxylic acids is 1. The zero-order valence-electron chi connectivity index (χ0n) is 11.6. The highest BCUT2D eigenvalue weighted by molar-refractivity contribution is 6.00. The van der Waals surface area contributed by atoms with Crippen molar-refractivity contribution in [2.45, 2.75) is 13.3 Å². The number of nitrogens with zero attached hydrogens (tertiary/aromatic N) is 4. The largest absolute Gasteiger partial charge is 0.399 e. The maximum atomic E-state index is 12.3. The Morgan fingerprint density at radius 1 is 1.29 bits per heavy atom. The summed E-state index contributed by atoms with van der Waals surface area (Å²) in [6.45, 7) is 1.82. The molecule has 106 valence electrons. The first kappa shape index (κ1) is 13.1. The number of rotatable bonds is 3. The summed E-state index contributed by atoms with van der Waals surface area (Å²) in [4.78, 5) is 18.1. The van der Waals surface area contributed by atoms with Crippen LogP contribution in [-0.2, 0) is 4.79 Å². The van der Waals surface area contributed by atoms with Gasteiger partial charge in [-0.15, -0.1) is 0 Å². The van der Waals surface area contributed by atoms with E-state index in [-0.39, 0.29) is 5.91 Å². The second kappa shape index (κ2) is 5.24. The Bertz CT molecular complexity index is 795. The number of anilines is 3. The van der Waals surface area contributed by atoms with Gasteiger partial charge in [-0.25, -0.2) is 9.50 Å². The summed E-state index contributed by atoms with van der Waals surface area (Å²) in [5, 5.41) is 4.15. The van der Waals surface area contributed by atoms with Gasteiger partial charge in [-0.2, -0.15) is 5.10 Å². The SMILES string of the molecule is CCC(=O)N(c1ccn2nccc2c1)c1cc(N)ccn1. The van der Waals surface area contributed by atoms with Crippen LogP contribution in [0.15, 0.2) is 48.9 Å². The van der Waals surface area contributed by atoms with Gasteiger partial charge in [0.2, 0.25) is 5.91 Å². The fraction of sp³-hybridized carbons (Fsp3) is 0.133. The summed E-state index contributed by atoms with van der Waals surface area (Å²) in [5.41, 5.74) is 8.02. The zero-order chi connectivity index (χ0) is 14.8. The van der Waals surface area contributed by atoms with Crippen molar-refractivity contribution >= 4 is 28.6 Å². The van der Waals surface area contributed by atoms with Crippen molar-refractivity contribution < 1.29 is 4.79 Å². The molecule has 0 fully saturated rings. The van der Waals surface area contributed by atoms with Crippen LogP contribution in [0.3, 0.4) is 0 Å². The van der Waals surface area contributed by atoms with E-state index in [9.17, 15) is 4.79 Å². The third-order valence-electron chi connectivity index (χ3n) is 3.19. The van der Waals surface area contributed by atoms with Crippen LogP contribution >= 0.6 is 0 Å². The van der Waals surface area contributed by atoms with Gasteiger partial charge in [-0.05, 0) is 24.3 Å². The van der Waals surface area contributed by atoms with Crippen LogP contribution in [0.25, 0.3) is 5.52 Å². The van der Waals surface area contributed by atoms with E-state index < -0.39 is 0 Å². The molecule has 6 nitrogen and oxygen atoms in total. The van der Waals surface area contributed by atoms with Crippen molar-refractivity contribution in [1.82, 2.24) is 14.6 Å². The average Bonchev–Trinajstić information content (AvgIpc) is 2.95. The van der Waals surface area contributed by atoms with Crippen molar-refractivity contribution in [2.24, 2.45) is 0 Å². The molecule has 0 aliphatic carbocycles. The van der Waals surface area contributed by atoms with Crippen LogP contribution in [0.5, 0.6) is 0 Å². The summed E-state index contributed by atoms with van der Waals surface area (Å²) in [7, 11) is 0. The molecule has 0 unspecified atom stereocenters. The molecule has 3 heterocycles. The summed E-state index contributed by atoms with van der Waals surface area (Å²) in [5.74, 6) is 0.475. The van der Waals surface area contributed by atoms with E-state index in [2.05, 4.69) is 10.1 Å². The van der Waals surface area contributed by atoms with Crippen molar-refractivity contribution in [3.8, 4) is 0 Å². The fourth-order valence-corrected chi connectivity index (χ4v) is 2.17. The topological polar surface area (TPSA) is 76.5 Å². The van der Waals surface area contributed by atoms with Crippen LogP contribution in [0.2, 0.25) is 0 Å². The van der Waals surface area contributed by atoms with Gasteiger partial charge in [0.15, 0.2) is 0 Å². The number of nitrogens with two attached hydrogens (primary N) is 1. The molecular weight excluding hydrogens is 266 g/mol. The Balaban J connectivity index is 2.12. The molecule has 0 aliphatic rings. The number of carbonyl (C=O) groups is 1. The quantitative estimate of drug-likeness (QED) is 0.799. The standard InChI is InChI=1S/C15H15N5O/c1-2-15(21)20(14-9-11(16)3-6-17-14)13-5-8-19-12(10-13)4-7-18-19/h3-10H,2H2,1H3,(H2,16,17). The maximum absolute atomic E-state index is 12.3. The molecule has 3 aromatic heterocycles. The second-order valence-corrected chi connectivity index (χ2v) is 4.62. The number of nitrogen functional groups attached to an aromatic ring is 1. The number of hydrogen-bond donors (Lipinski definition) is 1. The van der Waals surface area contributed by atoms with E-state index in [1.807, 2.05) is 31.3 Å². The van der Waals surface area contributed by atoms with E-state index in [1.165, 1.54) is 0 Å². The van der Waals surface area contributed by atoms with Crippen LogP contribution in [0.4, 0.5) is 17.2 Å². The van der Waals surface area contributed by atoms with Gasteiger partial charge in [-0.1, -0.05) is 6.92 Å². The van der Waals surface area contributed by atoms with Gasteiger partial charge in [0.1, 0.15) is 5.82 Å². The number of hydrogen-bond acceptors (Lipinski definition) is 4. The smallest absolute Gasteiger partial charge is 0.232 e. The molecule has 1 amide bonds. The predicted octanol–water partition coefficient (Wildman–Crippen LogP) is 2.39. The lowest BCUT2D eigenvalue weighted by Crippen LogP contribution is -2.26. The highest BCUT2D eigenvalue weighted by atomic mass is 16.2. The van der Waals surface area contributed by atoms with E-state index in [1.54, 1.807) is 33.9 Å². The highest BCUT2D eigenvalue weighted by Gasteiger charge is 2.18. The molecule has 3 aromatic rings. The van der Waals surface area contributed by atoms with E-state index in [4.69, 9.17) is 5.73 Å².